The second-order valence-electron chi connectivity index (χ2n) is 9.15. The van der Waals surface area contributed by atoms with E-state index in [2.05, 4.69) is 31.0 Å². The molecule has 3 aromatic rings. The van der Waals surface area contributed by atoms with Gasteiger partial charge in [0.1, 0.15) is 13.2 Å². The number of halogens is 3. The van der Waals surface area contributed by atoms with E-state index in [1.807, 2.05) is 11.0 Å². The molecule has 1 atom stereocenters. The van der Waals surface area contributed by atoms with E-state index in [-0.39, 0.29) is 42.6 Å². The van der Waals surface area contributed by atoms with Gasteiger partial charge in [0.15, 0.2) is 17.4 Å². The molecule has 1 heterocycles. The van der Waals surface area contributed by atoms with Gasteiger partial charge in [0, 0.05) is 30.2 Å². The number of amides is 1. The molecule has 2 N–H and O–H groups in total. The number of thiazole rings is 1. The zero-order valence-electron chi connectivity index (χ0n) is 20.8. The second kappa shape index (κ2) is 12.2. The minimum absolute atomic E-state index is 0.0307. The fraction of sp³-hybridized carbons (Fsp3) is 0.407. The van der Waals surface area contributed by atoms with Crippen molar-refractivity contribution in [2.75, 3.05) is 19.8 Å². The fourth-order valence-corrected chi connectivity index (χ4v) is 5.06. The molecule has 0 aliphatic heterocycles. The Balaban J connectivity index is 1.32. The SMILES string of the molecule is Cc1cccc(CN(C(=O)[C@@H](CN)Cc2cnc(OCCOc3c(F)ccc(Cl)c3F)s2)C2CC2)c1C. The summed E-state index contributed by atoms with van der Waals surface area (Å²) in [6.07, 6.45) is 4.15. The molecule has 37 heavy (non-hydrogen) atoms. The molecule has 0 unspecified atom stereocenters. The summed E-state index contributed by atoms with van der Waals surface area (Å²) >= 11 is 6.98. The van der Waals surface area contributed by atoms with E-state index >= 15 is 0 Å². The second-order valence-corrected chi connectivity index (χ2v) is 10.6. The van der Waals surface area contributed by atoms with Crippen LogP contribution < -0.4 is 15.2 Å². The third kappa shape index (κ3) is 6.77. The van der Waals surface area contributed by atoms with Crippen LogP contribution in [0, 0.1) is 31.4 Å². The Bertz CT molecular complexity index is 1250. The van der Waals surface area contributed by atoms with E-state index in [1.165, 1.54) is 22.5 Å². The molecule has 10 heteroatoms. The molecule has 0 bridgehead atoms. The molecule has 1 aliphatic carbocycles. The van der Waals surface area contributed by atoms with Gasteiger partial charge in [-0.3, -0.25) is 4.79 Å². The Morgan fingerprint density at radius 2 is 1.97 bits per heavy atom. The minimum atomic E-state index is -0.950. The van der Waals surface area contributed by atoms with Gasteiger partial charge in [0.2, 0.25) is 5.91 Å². The number of aromatic nitrogens is 1. The van der Waals surface area contributed by atoms with Crippen LogP contribution in [0.3, 0.4) is 0 Å². The molecule has 1 aromatic heterocycles. The van der Waals surface area contributed by atoms with E-state index in [4.69, 9.17) is 26.8 Å². The Hall–Kier alpha value is -2.75. The van der Waals surface area contributed by atoms with Gasteiger partial charge >= 0.3 is 0 Å². The molecule has 0 spiro atoms. The van der Waals surface area contributed by atoms with Gasteiger partial charge in [-0.2, -0.15) is 0 Å². The normalized spacial score (nSPS) is 13.9. The number of carbonyl (C=O) groups is 1. The predicted octanol–water partition coefficient (Wildman–Crippen LogP) is 5.46. The number of benzene rings is 2. The van der Waals surface area contributed by atoms with Crippen molar-refractivity contribution in [2.45, 2.75) is 45.7 Å². The van der Waals surface area contributed by atoms with Gasteiger partial charge in [-0.1, -0.05) is 41.1 Å². The van der Waals surface area contributed by atoms with Crippen molar-refractivity contribution >= 4 is 28.8 Å². The third-order valence-electron chi connectivity index (χ3n) is 6.50. The third-order valence-corrected chi connectivity index (χ3v) is 7.72. The fourth-order valence-electron chi connectivity index (χ4n) is 4.05. The molecule has 0 radical (unpaired) electrons. The number of ether oxygens (including phenoxy) is 2. The monoisotopic (exact) mass is 549 g/mol. The lowest BCUT2D eigenvalue weighted by Crippen LogP contribution is -2.41. The Labute approximate surface area is 224 Å². The lowest BCUT2D eigenvalue weighted by atomic mass is 10.00. The highest BCUT2D eigenvalue weighted by Crippen LogP contribution is 2.32. The number of nitrogens with two attached hydrogens (primary N) is 1. The molecule has 0 saturated heterocycles. The first kappa shape index (κ1) is 27.3. The van der Waals surface area contributed by atoms with Gasteiger partial charge in [0.05, 0.1) is 10.9 Å². The van der Waals surface area contributed by atoms with Gasteiger partial charge in [-0.25, -0.2) is 13.8 Å². The average molecular weight is 550 g/mol. The van der Waals surface area contributed by atoms with Crippen LogP contribution in [0.2, 0.25) is 5.02 Å². The van der Waals surface area contributed by atoms with Gasteiger partial charge in [-0.05, 0) is 61.9 Å². The highest BCUT2D eigenvalue weighted by Gasteiger charge is 2.36. The highest BCUT2D eigenvalue weighted by atomic mass is 35.5. The zero-order chi connectivity index (χ0) is 26.5. The first-order chi connectivity index (χ1) is 17.8. The smallest absolute Gasteiger partial charge is 0.273 e. The number of hydrogen-bond donors (Lipinski definition) is 1. The quantitative estimate of drug-likeness (QED) is 0.240. The lowest BCUT2D eigenvalue weighted by Gasteiger charge is -2.27. The molecule has 2 aromatic carbocycles. The minimum Gasteiger partial charge on any atom is -0.484 e. The van der Waals surface area contributed by atoms with E-state index in [1.54, 1.807) is 6.20 Å². The van der Waals surface area contributed by atoms with E-state index < -0.39 is 17.4 Å². The standard InChI is InChI=1S/C27H30ClF2N3O3S/c1-16-4-3-5-18(17(16)2)15-33(20-6-7-20)26(34)19(13-31)12-21-14-32-27(37-21)36-11-10-35-25-23(29)9-8-22(28)24(25)30/h3-5,8-9,14,19-20H,6-7,10-13,15,31H2,1-2H3/t19-/m1/s1. The van der Waals surface area contributed by atoms with Gasteiger partial charge < -0.3 is 20.1 Å². The van der Waals surface area contributed by atoms with Crippen molar-refractivity contribution in [1.82, 2.24) is 9.88 Å². The summed E-state index contributed by atoms with van der Waals surface area (Å²) in [4.78, 5) is 20.6. The largest absolute Gasteiger partial charge is 0.484 e. The number of carbonyl (C=O) groups excluding carboxylic acids is 1. The Morgan fingerprint density at radius 1 is 1.22 bits per heavy atom. The highest BCUT2D eigenvalue weighted by molar-refractivity contribution is 7.13. The van der Waals surface area contributed by atoms with Crippen molar-refractivity contribution < 1.29 is 23.0 Å². The van der Waals surface area contributed by atoms with Crippen molar-refractivity contribution in [2.24, 2.45) is 11.7 Å². The summed E-state index contributed by atoms with van der Waals surface area (Å²) < 4.78 is 38.4. The lowest BCUT2D eigenvalue weighted by molar-refractivity contribution is -0.136. The van der Waals surface area contributed by atoms with Crippen LogP contribution in [-0.2, 0) is 17.8 Å². The summed E-state index contributed by atoms with van der Waals surface area (Å²) in [7, 11) is 0. The van der Waals surface area contributed by atoms with Crippen molar-refractivity contribution in [3.63, 3.8) is 0 Å². The number of rotatable bonds is 12. The van der Waals surface area contributed by atoms with Gasteiger partial charge in [0.25, 0.3) is 5.19 Å². The van der Waals surface area contributed by atoms with Crippen LogP contribution in [0.5, 0.6) is 10.9 Å². The first-order valence-corrected chi connectivity index (χ1v) is 13.4. The number of hydrogen-bond acceptors (Lipinski definition) is 6. The summed E-state index contributed by atoms with van der Waals surface area (Å²) in [6.45, 7) is 4.91. The number of nitrogens with zero attached hydrogens (tertiary/aromatic N) is 2. The van der Waals surface area contributed by atoms with Crippen molar-refractivity contribution in [3.05, 3.63) is 74.8 Å². The molecule has 1 saturated carbocycles. The maximum absolute atomic E-state index is 13.9. The topological polar surface area (TPSA) is 77.7 Å². The zero-order valence-corrected chi connectivity index (χ0v) is 22.4. The molecule has 4 rings (SSSR count). The molecule has 1 aliphatic rings. The predicted molar refractivity (Wildman–Crippen MR) is 140 cm³/mol. The molecule has 6 nitrogen and oxygen atoms in total. The van der Waals surface area contributed by atoms with Crippen LogP contribution in [0.15, 0.2) is 36.5 Å². The van der Waals surface area contributed by atoms with Gasteiger partial charge in [-0.15, -0.1) is 0 Å². The van der Waals surface area contributed by atoms with E-state index in [9.17, 15) is 13.6 Å². The molecular formula is C27H30ClF2N3O3S. The van der Waals surface area contributed by atoms with Crippen molar-refractivity contribution in [1.29, 1.82) is 0 Å². The summed E-state index contributed by atoms with van der Waals surface area (Å²) in [5.74, 6) is -2.64. The summed E-state index contributed by atoms with van der Waals surface area (Å²) in [5, 5.41) is 0.156. The molecule has 198 valence electrons. The maximum atomic E-state index is 13.9. The summed E-state index contributed by atoms with van der Waals surface area (Å²) in [6, 6.07) is 8.61. The summed E-state index contributed by atoms with van der Waals surface area (Å²) in [5.41, 5.74) is 9.62. The first-order valence-electron chi connectivity index (χ1n) is 12.2. The van der Waals surface area contributed by atoms with Crippen LogP contribution in [-0.4, -0.2) is 41.6 Å². The Kier molecular flexibility index (Phi) is 9.00. The van der Waals surface area contributed by atoms with E-state index in [0.29, 0.717) is 18.2 Å². The van der Waals surface area contributed by atoms with Crippen LogP contribution in [0.4, 0.5) is 8.78 Å². The molecule has 1 fully saturated rings. The van der Waals surface area contributed by atoms with Crippen LogP contribution >= 0.6 is 22.9 Å². The van der Waals surface area contributed by atoms with Crippen LogP contribution in [0.1, 0.15) is 34.4 Å². The number of aryl methyl sites for hydroxylation is 1. The Morgan fingerprint density at radius 3 is 2.70 bits per heavy atom. The van der Waals surface area contributed by atoms with Crippen molar-refractivity contribution in [3.8, 4) is 10.9 Å². The van der Waals surface area contributed by atoms with E-state index in [0.717, 1.165) is 35.4 Å². The average Bonchev–Trinajstić information content (AvgIpc) is 3.63. The molecular weight excluding hydrogens is 520 g/mol. The molecule has 1 amide bonds. The maximum Gasteiger partial charge on any atom is 0.273 e. The van der Waals surface area contributed by atoms with Crippen LogP contribution in [0.25, 0.3) is 0 Å².